The molecule has 1 aliphatic heterocycles. The summed E-state index contributed by atoms with van der Waals surface area (Å²) in [7, 11) is 0. The molecule has 0 aromatic carbocycles. The van der Waals surface area contributed by atoms with E-state index in [2.05, 4.69) is 10.5 Å². The van der Waals surface area contributed by atoms with E-state index in [0.717, 1.165) is 0 Å². The van der Waals surface area contributed by atoms with Gasteiger partial charge in [-0.15, -0.1) is 0 Å². The second-order valence-corrected chi connectivity index (χ2v) is 1.47. The Hall–Kier alpha value is -1.09. The normalized spacial score (nSPS) is 13.0. The maximum atomic E-state index is 7.57. The third-order valence-corrected chi connectivity index (χ3v) is 0.628. The van der Waals surface area contributed by atoms with Crippen LogP contribution in [0.2, 0.25) is 0 Å². The number of aliphatic hydroxyl groups excluding tert-OH is 1. The number of allylic oxidation sites excluding steroid dienone is 3. The minimum atomic E-state index is 0.250. The quantitative estimate of drug-likeness (QED) is 0.518. The molecule has 1 heterocycles. The Morgan fingerprint density at radius 1 is 1.40 bits per heavy atom. The van der Waals surface area contributed by atoms with Crippen LogP contribution in [0.4, 0.5) is 0 Å². The molecule has 3 heteroatoms. The highest BCUT2D eigenvalue weighted by Crippen LogP contribution is 1.76. The van der Waals surface area contributed by atoms with Crippen molar-refractivity contribution >= 4 is 6.21 Å². The van der Waals surface area contributed by atoms with E-state index < -0.39 is 0 Å². The van der Waals surface area contributed by atoms with Crippen molar-refractivity contribution in [2.45, 2.75) is 6.92 Å². The van der Waals surface area contributed by atoms with E-state index in [1.54, 1.807) is 19.3 Å². The van der Waals surface area contributed by atoms with Gasteiger partial charge in [-0.05, 0) is 19.1 Å². The van der Waals surface area contributed by atoms with Gasteiger partial charge in [-0.2, -0.15) is 5.10 Å². The summed E-state index contributed by atoms with van der Waals surface area (Å²) in [5, 5.41) is 11.3. The van der Waals surface area contributed by atoms with E-state index in [1.165, 1.54) is 0 Å². The van der Waals surface area contributed by atoms with Crippen LogP contribution in [-0.4, -0.2) is 17.9 Å². The van der Waals surface area contributed by atoms with Gasteiger partial charge >= 0.3 is 0 Å². The number of aliphatic hydroxyl groups is 1. The van der Waals surface area contributed by atoms with Crippen molar-refractivity contribution in [3.8, 4) is 0 Å². The maximum Gasteiger partial charge on any atom is 0.0472 e. The molecule has 0 spiro atoms. The highest BCUT2D eigenvalue weighted by Gasteiger charge is 1.68. The van der Waals surface area contributed by atoms with Crippen LogP contribution in [0.25, 0.3) is 0 Å². The summed E-state index contributed by atoms with van der Waals surface area (Å²) in [6, 6.07) is 0. The second kappa shape index (κ2) is 7.91. The van der Waals surface area contributed by atoms with Crippen molar-refractivity contribution in [3.63, 3.8) is 0 Å². The summed E-state index contributed by atoms with van der Waals surface area (Å²) in [6.45, 7) is 1.93. The van der Waals surface area contributed by atoms with E-state index in [4.69, 9.17) is 5.11 Å². The molecule has 2 N–H and O–H groups in total. The highest BCUT2D eigenvalue weighted by atomic mass is 16.2. The van der Waals surface area contributed by atoms with Gasteiger partial charge in [-0.1, -0.05) is 6.08 Å². The van der Waals surface area contributed by atoms with Crippen molar-refractivity contribution in [3.05, 3.63) is 24.4 Å². The molecule has 0 saturated heterocycles. The average Bonchev–Trinajstić information content (AvgIpc) is 2.17. The fourth-order valence-corrected chi connectivity index (χ4v) is 0.342. The second-order valence-electron chi connectivity index (χ2n) is 1.47. The first-order valence-electron chi connectivity index (χ1n) is 3.13. The molecule has 0 aromatic rings. The first-order valence-corrected chi connectivity index (χ1v) is 3.13. The molecule has 0 aliphatic carbocycles. The van der Waals surface area contributed by atoms with Gasteiger partial charge in [-0.3, -0.25) is 5.43 Å². The van der Waals surface area contributed by atoms with Crippen molar-refractivity contribution in [2.24, 2.45) is 5.10 Å². The third kappa shape index (κ3) is 6.91. The standard InChI is InChI=1S/C5H6N2.C2H6O/c1-2-4-6-7-5-3-1;1-2-3/h1-6H;3H,2H2,1H3. The van der Waals surface area contributed by atoms with Gasteiger partial charge in [0.1, 0.15) is 0 Å². The van der Waals surface area contributed by atoms with E-state index >= 15 is 0 Å². The molecule has 0 saturated carbocycles. The van der Waals surface area contributed by atoms with E-state index in [0.29, 0.717) is 0 Å². The smallest absolute Gasteiger partial charge is 0.0472 e. The van der Waals surface area contributed by atoms with Crippen LogP contribution in [0.1, 0.15) is 6.92 Å². The summed E-state index contributed by atoms with van der Waals surface area (Å²) in [5.74, 6) is 0. The molecule has 10 heavy (non-hydrogen) atoms. The molecule has 0 amide bonds. The molecule has 0 bridgehead atoms. The maximum absolute atomic E-state index is 7.57. The van der Waals surface area contributed by atoms with Gasteiger partial charge in [0.05, 0.1) is 0 Å². The van der Waals surface area contributed by atoms with Gasteiger partial charge in [-0.25, -0.2) is 0 Å². The van der Waals surface area contributed by atoms with Crippen LogP contribution in [0.5, 0.6) is 0 Å². The lowest BCUT2D eigenvalue weighted by molar-refractivity contribution is 0.318. The molecule has 1 aliphatic rings. The zero-order valence-electron chi connectivity index (χ0n) is 5.99. The lowest BCUT2D eigenvalue weighted by Gasteiger charge is -1.78. The molecular weight excluding hydrogens is 128 g/mol. The Balaban J connectivity index is 0.000000236. The SMILES string of the molecule is C1=CC=NNC=C1.CCO. The Morgan fingerprint density at radius 3 is 2.80 bits per heavy atom. The zero-order valence-corrected chi connectivity index (χ0v) is 5.99. The molecule has 0 atom stereocenters. The summed E-state index contributed by atoms with van der Waals surface area (Å²) < 4.78 is 0. The minimum Gasteiger partial charge on any atom is -0.397 e. The topological polar surface area (TPSA) is 44.6 Å². The van der Waals surface area contributed by atoms with Gasteiger partial charge in [0.25, 0.3) is 0 Å². The largest absolute Gasteiger partial charge is 0.397 e. The van der Waals surface area contributed by atoms with Crippen LogP contribution < -0.4 is 5.43 Å². The van der Waals surface area contributed by atoms with Crippen molar-refractivity contribution in [1.29, 1.82) is 0 Å². The van der Waals surface area contributed by atoms with Gasteiger partial charge in [0.15, 0.2) is 0 Å². The predicted octanol–water partition coefficient (Wildman–Crippen LogP) is 0.644. The van der Waals surface area contributed by atoms with Crippen LogP contribution in [0, 0.1) is 0 Å². The summed E-state index contributed by atoms with van der Waals surface area (Å²) in [6.07, 6.45) is 9.10. The molecular formula is C7H12N2O. The Labute approximate surface area is 60.8 Å². The number of nitrogens with zero attached hydrogens (tertiary/aromatic N) is 1. The molecule has 56 valence electrons. The Kier molecular flexibility index (Phi) is 7.05. The molecule has 0 unspecified atom stereocenters. The van der Waals surface area contributed by atoms with Crippen molar-refractivity contribution in [2.75, 3.05) is 6.61 Å². The monoisotopic (exact) mass is 140 g/mol. The first-order chi connectivity index (χ1) is 4.91. The molecule has 0 aromatic heterocycles. The Bertz CT molecular complexity index is 125. The van der Waals surface area contributed by atoms with Crippen LogP contribution in [0.15, 0.2) is 29.5 Å². The molecule has 0 radical (unpaired) electrons. The van der Waals surface area contributed by atoms with Crippen LogP contribution in [0.3, 0.4) is 0 Å². The fourth-order valence-electron chi connectivity index (χ4n) is 0.342. The molecule has 3 nitrogen and oxygen atoms in total. The number of hydrogen-bond acceptors (Lipinski definition) is 3. The van der Waals surface area contributed by atoms with Gasteiger partial charge in [0.2, 0.25) is 0 Å². The zero-order chi connectivity index (χ0) is 7.66. The third-order valence-electron chi connectivity index (χ3n) is 0.628. The number of hydrogen-bond donors (Lipinski definition) is 2. The first kappa shape index (κ1) is 8.91. The molecule has 0 fully saturated rings. The summed E-state index contributed by atoms with van der Waals surface area (Å²) >= 11 is 0. The van der Waals surface area contributed by atoms with Crippen molar-refractivity contribution < 1.29 is 5.11 Å². The lowest BCUT2D eigenvalue weighted by Crippen LogP contribution is -1.89. The predicted molar refractivity (Wildman–Crippen MR) is 42.7 cm³/mol. The van der Waals surface area contributed by atoms with Crippen LogP contribution in [-0.2, 0) is 0 Å². The van der Waals surface area contributed by atoms with E-state index in [1.807, 2.05) is 18.2 Å². The number of hydrazone groups is 1. The van der Waals surface area contributed by atoms with Crippen molar-refractivity contribution in [1.82, 2.24) is 5.43 Å². The number of nitrogens with one attached hydrogen (secondary N) is 1. The Morgan fingerprint density at radius 2 is 2.10 bits per heavy atom. The fraction of sp³-hybridized carbons (Fsp3) is 0.286. The summed E-state index contributed by atoms with van der Waals surface area (Å²) in [4.78, 5) is 0. The minimum absolute atomic E-state index is 0.250. The average molecular weight is 140 g/mol. The van der Waals surface area contributed by atoms with Crippen LogP contribution >= 0.6 is 0 Å². The lowest BCUT2D eigenvalue weighted by atomic mass is 10.5. The van der Waals surface area contributed by atoms with Gasteiger partial charge in [0, 0.05) is 19.0 Å². The van der Waals surface area contributed by atoms with E-state index in [9.17, 15) is 0 Å². The van der Waals surface area contributed by atoms with Gasteiger partial charge < -0.3 is 5.11 Å². The number of rotatable bonds is 0. The molecule has 1 rings (SSSR count). The highest BCUT2D eigenvalue weighted by molar-refractivity contribution is 5.71. The summed E-state index contributed by atoms with van der Waals surface area (Å²) in [5.41, 5.74) is 2.67. The van der Waals surface area contributed by atoms with E-state index in [-0.39, 0.29) is 6.61 Å².